The highest BCUT2D eigenvalue weighted by Crippen LogP contribution is 2.37. The maximum absolute atomic E-state index is 13.1. The number of hydrogen-bond donors (Lipinski definition) is 3. The van der Waals surface area contributed by atoms with Gasteiger partial charge in [0.2, 0.25) is 5.91 Å². The molecule has 0 radical (unpaired) electrons. The summed E-state index contributed by atoms with van der Waals surface area (Å²) < 4.78 is 78.6. The molecule has 11 heteroatoms. The van der Waals surface area contributed by atoms with Crippen molar-refractivity contribution in [2.24, 2.45) is 5.41 Å². The lowest BCUT2D eigenvalue weighted by Crippen LogP contribution is -2.47. The minimum absolute atomic E-state index is 0.00618. The van der Waals surface area contributed by atoms with Gasteiger partial charge in [-0.3, -0.25) is 9.59 Å². The molecule has 1 fully saturated rings. The molecule has 0 spiro atoms. The van der Waals surface area contributed by atoms with Crippen LogP contribution >= 0.6 is 0 Å². The standard InChI is InChI=1S/C23H31F6N3O2/c1-3-15(2)32-19(33)12-30-13-21(7-5-4-6-8-21)14-31-20(34)16-9-17(22(24,25)26)11-18(10-16)23(27,28)29/h9-11,15,30H,3-8,12-14H2,1-2H3,(H,31,34)(H,32,33). The fourth-order valence-electron chi connectivity index (χ4n) is 4.04. The zero-order valence-electron chi connectivity index (χ0n) is 19.3. The molecule has 0 bridgehead atoms. The van der Waals surface area contributed by atoms with Gasteiger partial charge in [0.1, 0.15) is 0 Å². The second kappa shape index (κ2) is 11.4. The molecule has 0 heterocycles. The number of amides is 2. The molecule has 0 aromatic heterocycles. The van der Waals surface area contributed by atoms with Gasteiger partial charge in [0, 0.05) is 30.1 Å². The fraction of sp³-hybridized carbons (Fsp3) is 0.652. The summed E-state index contributed by atoms with van der Waals surface area (Å²) in [6.45, 7) is 4.36. The summed E-state index contributed by atoms with van der Waals surface area (Å²) in [7, 11) is 0. The Morgan fingerprint density at radius 1 is 0.941 bits per heavy atom. The van der Waals surface area contributed by atoms with Crippen molar-refractivity contribution in [3.8, 4) is 0 Å². The molecule has 0 saturated heterocycles. The summed E-state index contributed by atoms with van der Waals surface area (Å²) in [6, 6.07) is 0.880. The number of benzene rings is 1. The van der Waals surface area contributed by atoms with Crippen LogP contribution in [0.5, 0.6) is 0 Å². The molecule has 3 N–H and O–H groups in total. The zero-order valence-corrected chi connectivity index (χ0v) is 19.3. The molecule has 1 aliphatic rings. The van der Waals surface area contributed by atoms with Crippen LogP contribution in [0.2, 0.25) is 0 Å². The second-order valence-corrected chi connectivity index (χ2v) is 9.02. The van der Waals surface area contributed by atoms with Gasteiger partial charge in [0.25, 0.3) is 5.91 Å². The number of rotatable bonds is 9. The highest BCUT2D eigenvalue weighted by molar-refractivity contribution is 5.94. The average molecular weight is 496 g/mol. The molecule has 1 saturated carbocycles. The number of alkyl halides is 6. The minimum atomic E-state index is -5.03. The number of nitrogens with one attached hydrogen (secondary N) is 3. The van der Waals surface area contributed by atoms with Crippen molar-refractivity contribution in [2.75, 3.05) is 19.6 Å². The first kappa shape index (κ1) is 27.9. The van der Waals surface area contributed by atoms with Gasteiger partial charge in [0.15, 0.2) is 0 Å². The van der Waals surface area contributed by atoms with Crippen LogP contribution in [-0.2, 0) is 17.1 Å². The summed E-state index contributed by atoms with van der Waals surface area (Å²) in [5, 5.41) is 8.45. The number of hydrogen-bond acceptors (Lipinski definition) is 3. The molecule has 1 aromatic carbocycles. The Morgan fingerprint density at radius 3 is 2.00 bits per heavy atom. The lowest BCUT2D eigenvalue weighted by molar-refractivity contribution is -0.143. The van der Waals surface area contributed by atoms with E-state index in [1.54, 1.807) is 0 Å². The van der Waals surface area contributed by atoms with Gasteiger partial charge in [0.05, 0.1) is 17.7 Å². The van der Waals surface area contributed by atoms with E-state index in [0.717, 1.165) is 25.7 Å². The van der Waals surface area contributed by atoms with Crippen LogP contribution in [0.15, 0.2) is 18.2 Å². The van der Waals surface area contributed by atoms with Gasteiger partial charge in [-0.05, 0) is 44.4 Å². The Kier molecular flexibility index (Phi) is 9.38. The van der Waals surface area contributed by atoms with E-state index in [-0.39, 0.29) is 31.1 Å². The van der Waals surface area contributed by atoms with Crippen LogP contribution in [0.1, 0.15) is 73.9 Å². The lowest BCUT2D eigenvalue weighted by Gasteiger charge is -2.37. The molecule has 5 nitrogen and oxygen atoms in total. The van der Waals surface area contributed by atoms with Gasteiger partial charge in [-0.2, -0.15) is 26.3 Å². The Labute approximate surface area is 195 Å². The highest BCUT2D eigenvalue weighted by atomic mass is 19.4. The van der Waals surface area contributed by atoms with E-state index in [1.165, 1.54) is 0 Å². The average Bonchev–Trinajstić information content (AvgIpc) is 2.76. The van der Waals surface area contributed by atoms with E-state index in [2.05, 4.69) is 16.0 Å². The van der Waals surface area contributed by atoms with Gasteiger partial charge in [-0.1, -0.05) is 26.2 Å². The molecular weight excluding hydrogens is 464 g/mol. The lowest BCUT2D eigenvalue weighted by atomic mass is 9.73. The van der Waals surface area contributed by atoms with E-state index >= 15 is 0 Å². The summed E-state index contributed by atoms with van der Waals surface area (Å²) in [4.78, 5) is 24.6. The van der Waals surface area contributed by atoms with Crippen molar-refractivity contribution in [1.29, 1.82) is 0 Å². The van der Waals surface area contributed by atoms with Gasteiger partial charge >= 0.3 is 12.4 Å². The molecule has 1 unspecified atom stereocenters. The van der Waals surface area contributed by atoms with Crippen molar-refractivity contribution in [3.05, 3.63) is 34.9 Å². The molecule has 2 rings (SSSR count). The molecule has 1 atom stereocenters. The quantitative estimate of drug-likeness (QED) is 0.427. The third-order valence-electron chi connectivity index (χ3n) is 6.19. The van der Waals surface area contributed by atoms with Crippen LogP contribution in [-0.4, -0.2) is 37.5 Å². The molecule has 0 aliphatic heterocycles. The minimum Gasteiger partial charge on any atom is -0.353 e. The molecule has 1 aliphatic carbocycles. The van der Waals surface area contributed by atoms with Crippen LogP contribution < -0.4 is 16.0 Å². The summed E-state index contributed by atoms with van der Waals surface area (Å²) in [5.41, 5.74) is -4.21. The van der Waals surface area contributed by atoms with E-state index in [1.807, 2.05) is 13.8 Å². The van der Waals surface area contributed by atoms with Crippen molar-refractivity contribution in [2.45, 2.75) is 70.8 Å². The topological polar surface area (TPSA) is 70.2 Å². The van der Waals surface area contributed by atoms with Crippen molar-refractivity contribution < 1.29 is 35.9 Å². The largest absolute Gasteiger partial charge is 0.416 e. The van der Waals surface area contributed by atoms with Gasteiger partial charge < -0.3 is 16.0 Å². The zero-order chi connectivity index (χ0) is 25.6. The Hall–Kier alpha value is -2.30. The Morgan fingerprint density at radius 2 is 1.50 bits per heavy atom. The molecule has 2 amide bonds. The first-order valence-electron chi connectivity index (χ1n) is 11.3. The highest BCUT2D eigenvalue weighted by Gasteiger charge is 2.38. The monoisotopic (exact) mass is 495 g/mol. The molecule has 34 heavy (non-hydrogen) atoms. The van der Waals surface area contributed by atoms with Crippen molar-refractivity contribution in [3.63, 3.8) is 0 Å². The Bertz CT molecular complexity index is 816. The third-order valence-corrected chi connectivity index (χ3v) is 6.19. The number of carbonyl (C=O) groups is 2. The van der Waals surface area contributed by atoms with E-state index in [4.69, 9.17) is 0 Å². The van der Waals surface area contributed by atoms with E-state index < -0.39 is 40.4 Å². The first-order valence-corrected chi connectivity index (χ1v) is 11.3. The smallest absolute Gasteiger partial charge is 0.353 e. The van der Waals surface area contributed by atoms with Gasteiger partial charge in [-0.15, -0.1) is 0 Å². The molecule has 192 valence electrons. The molecule has 1 aromatic rings. The predicted molar refractivity (Wildman–Crippen MR) is 115 cm³/mol. The second-order valence-electron chi connectivity index (χ2n) is 9.02. The maximum Gasteiger partial charge on any atom is 0.416 e. The third kappa shape index (κ3) is 8.18. The number of carbonyl (C=O) groups excluding carboxylic acids is 2. The number of halogens is 6. The van der Waals surface area contributed by atoms with E-state index in [9.17, 15) is 35.9 Å². The van der Waals surface area contributed by atoms with Crippen LogP contribution in [0.4, 0.5) is 26.3 Å². The normalized spacial score (nSPS) is 17.2. The van der Waals surface area contributed by atoms with Crippen LogP contribution in [0.3, 0.4) is 0 Å². The van der Waals surface area contributed by atoms with E-state index in [0.29, 0.717) is 31.5 Å². The fourth-order valence-corrected chi connectivity index (χ4v) is 4.04. The van der Waals surface area contributed by atoms with Crippen LogP contribution in [0.25, 0.3) is 0 Å². The summed E-state index contributed by atoms with van der Waals surface area (Å²) >= 11 is 0. The SMILES string of the molecule is CCC(C)NC(=O)CNCC1(CNC(=O)c2cc(C(F)(F)F)cc(C(F)(F)F)c2)CCCCC1. The maximum atomic E-state index is 13.1. The van der Waals surface area contributed by atoms with Crippen LogP contribution in [0, 0.1) is 5.41 Å². The van der Waals surface area contributed by atoms with Crippen molar-refractivity contribution >= 4 is 11.8 Å². The Balaban J connectivity index is 2.10. The van der Waals surface area contributed by atoms with Gasteiger partial charge in [-0.25, -0.2) is 0 Å². The van der Waals surface area contributed by atoms with Crippen molar-refractivity contribution in [1.82, 2.24) is 16.0 Å². The summed E-state index contributed by atoms with van der Waals surface area (Å²) in [6.07, 6.45) is -5.11. The summed E-state index contributed by atoms with van der Waals surface area (Å²) in [5.74, 6) is -1.18. The predicted octanol–water partition coefficient (Wildman–Crippen LogP) is 4.91. The first-order chi connectivity index (χ1) is 15.8. The molecular formula is C23H31F6N3O2.